The maximum atomic E-state index is 11.9. The fraction of sp³-hybridized carbons (Fsp3) is 0.400. The summed E-state index contributed by atoms with van der Waals surface area (Å²) in [6.07, 6.45) is 5.23. The van der Waals surface area contributed by atoms with Crippen molar-refractivity contribution in [3.63, 3.8) is 0 Å². The van der Waals surface area contributed by atoms with Crippen molar-refractivity contribution in [2.24, 2.45) is 0 Å². The molecule has 2 heterocycles. The molecule has 104 valence electrons. The molecule has 0 saturated carbocycles. The molecule has 9 heteroatoms. The molecule has 0 aliphatic heterocycles. The minimum absolute atomic E-state index is 0.00577. The van der Waals surface area contributed by atoms with Crippen molar-refractivity contribution < 1.29 is 8.42 Å². The van der Waals surface area contributed by atoms with Gasteiger partial charge in [0, 0.05) is 25.5 Å². The van der Waals surface area contributed by atoms with E-state index in [1.54, 1.807) is 19.4 Å². The van der Waals surface area contributed by atoms with Crippen molar-refractivity contribution in [2.75, 3.05) is 23.3 Å². The number of nitrogens with zero attached hydrogens (tertiary/aromatic N) is 3. The van der Waals surface area contributed by atoms with Gasteiger partial charge in [0.15, 0.2) is 15.7 Å². The summed E-state index contributed by atoms with van der Waals surface area (Å²) >= 11 is 1.07. The molecule has 0 amide bonds. The highest BCUT2D eigenvalue weighted by molar-refractivity contribution is 7.91. The van der Waals surface area contributed by atoms with Gasteiger partial charge in [-0.2, -0.15) is 4.37 Å². The Labute approximate surface area is 115 Å². The van der Waals surface area contributed by atoms with E-state index >= 15 is 0 Å². The second-order valence-corrected chi connectivity index (χ2v) is 6.85. The summed E-state index contributed by atoms with van der Waals surface area (Å²) < 4.78 is 29.7. The molecule has 2 aromatic rings. The van der Waals surface area contributed by atoms with Crippen LogP contribution in [0.1, 0.15) is 6.92 Å². The van der Waals surface area contributed by atoms with Gasteiger partial charge in [0.1, 0.15) is 9.90 Å². The van der Waals surface area contributed by atoms with Gasteiger partial charge in [-0.05, 0) is 11.5 Å². The standard InChI is InChI=1S/C10H15N5O2S2/c1-2-19(16,17)8-9(11)14-18-10(8)13-4-6-15-5-3-12-7-15/h3,5,7,13H,2,4,6H2,1H3,(H2,11,14). The Hall–Kier alpha value is -1.61. The number of nitrogen functional groups attached to an aromatic ring is 1. The summed E-state index contributed by atoms with van der Waals surface area (Å²) in [6, 6.07) is 0. The lowest BCUT2D eigenvalue weighted by Crippen LogP contribution is -2.12. The van der Waals surface area contributed by atoms with E-state index in [-0.39, 0.29) is 16.5 Å². The van der Waals surface area contributed by atoms with E-state index in [0.717, 1.165) is 11.5 Å². The maximum Gasteiger partial charge on any atom is 0.184 e. The normalized spacial score (nSPS) is 11.6. The SMILES string of the molecule is CCS(=O)(=O)c1c(N)nsc1NCCn1ccnc1. The van der Waals surface area contributed by atoms with Gasteiger partial charge >= 0.3 is 0 Å². The summed E-state index contributed by atoms with van der Waals surface area (Å²) in [7, 11) is -3.36. The van der Waals surface area contributed by atoms with Crippen LogP contribution >= 0.6 is 11.5 Å². The van der Waals surface area contributed by atoms with Crippen LogP contribution in [-0.2, 0) is 16.4 Å². The number of anilines is 2. The predicted molar refractivity (Wildman–Crippen MR) is 75.0 cm³/mol. The minimum atomic E-state index is -3.36. The van der Waals surface area contributed by atoms with Crippen LogP contribution < -0.4 is 11.1 Å². The second kappa shape index (κ2) is 5.57. The third-order valence-electron chi connectivity index (χ3n) is 2.58. The van der Waals surface area contributed by atoms with Gasteiger partial charge in [-0.25, -0.2) is 13.4 Å². The molecular formula is C10H15N5O2S2. The topological polar surface area (TPSA) is 103 Å². The van der Waals surface area contributed by atoms with Gasteiger partial charge in [-0.3, -0.25) is 0 Å². The summed E-state index contributed by atoms with van der Waals surface area (Å²) in [4.78, 5) is 4.05. The van der Waals surface area contributed by atoms with Gasteiger partial charge in [0.05, 0.1) is 12.1 Å². The van der Waals surface area contributed by atoms with Crippen molar-refractivity contribution in [2.45, 2.75) is 18.4 Å². The van der Waals surface area contributed by atoms with Crippen molar-refractivity contribution in [3.05, 3.63) is 18.7 Å². The maximum absolute atomic E-state index is 11.9. The van der Waals surface area contributed by atoms with Crippen LogP contribution in [-0.4, -0.2) is 34.6 Å². The molecule has 0 atom stereocenters. The second-order valence-electron chi connectivity index (χ2n) is 3.86. The first-order valence-electron chi connectivity index (χ1n) is 5.72. The highest BCUT2D eigenvalue weighted by Gasteiger charge is 2.23. The molecule has 3 N–H and O–H groups in total. The molecule has 19 heavy (non-hydrogen) atoms. The lowest BCUT2D eigenvalue weighted by atomic mass is 10.5. The monoisotopic (exact) mass is 301 g/mol. The Bertz CT molecular complexity index is 633. The molecule has 7 nitrogen and oxygen atoms in total. The van der Waals surface area contributed by atoms with Crippen LogP contribution in [0.3, 0.4) is 0 Å². The Kier molecular flexibility index (Phi) is 4.05. The highest BCUT2D eigenvalue weighted by atomic mass is 32.2. The number of aromatic nitrogens is 3. The molecule has 0 radical (unpaired) electrons. The third-order valence-corrected chi connectivity index (χ3v) is 5.32. The van der Waals surface area contributed by atoms with E-state index < -0.39 is 9.84 Å². The number of hydrogen-bond donors (Lipinski definition) is 2. The van der Waals surface area contributed by atoms with Crippen LogP contribution in [0, 0.1) is 0 Å². The molecule has 0 aromatic carbocycles. The number of nitrogens with one attached hydrogen (secondary N) is 1. The van der Waals surface area contributed by atoms with Gasteiger partial charge in [-0.1, -0.05) is 6.92 Å². The molecule has 0 spiro atoms. The Morgan fingerprint density at radius 3 is 2.95 bits per heavy atom. The average Bonchev–Trinajstić information content (AvgIpc) is 3.00. The molecule has 0 saturated heterocycles. The first-order chi connectivity index (χ1) is 9.04. The molecule has 0 aliphatic rings. The van der Waals surface area contributed by atoms with Gasteiger partial charge in [-0.15, -0.1) is 0 Å². The number of nitrogens with two attached hydrogens (primary N) is 1. The van der Waals surface area contributed by atoms with Crippen molar-refractivity contribution in [1.29, 1.82) is 0 Å². The van der Waals surface area contributed by atoms with E-state index in [2.05, 4.69) is 14.7 Å². The van der Waals surface area contributed by atoms with E-state index in [1.807, 2.05) is 10.8 Å². The average molecular weight is 301 g/mol. The van der Waals surface area contributed by atoms with Crippen LogP contribution in [0.15, 0.2) is 23.6 Å². The first kappa shape index (κ1) is 13.8. The molecule has 0 aliphatic carbocycles. The molecule has 2 rings (SSSR count). The number of hydrogen-bond acceptors (Lipinski definition) is 7. The number of rotatable bonds is 6. The number of imidazole rings is 1. The summed E-state index contributed by atoms with van der Waals surface area (Å²) in [6.45, 7) is 2.84. The van der Waals surface area contributed by atoms with Crippen molar-refractivity contribution in [3.8, 4) is 0 Å². The van der Waals surface area contributed by atoms with Crippen LogP contribution in [0.4, 0.5) is 10.8 Å². The van der Waals surface area contributed by atoms with E-state index in [0.29, 0.717) is 18.1 Å². The van der Waals surface area contributed by atoms with Gasteiger partial charge < -0.3 is 15.6 Å². The zero-order chi connectivity index (χ0) is 13.9. The Morgan fingerprint density at radius 2 is 2.32 bits per heavy atom. The van der Waals surface area contributed by atoms with E-state index in [1.165, 1.54) is 0 Å². The molecular weight excluding hydrogens is 286 g/mol. The van der Waals surface area contributed by atoms with Crippen LogP contribution in [0.5, 0.6) is 0 Å². The summed E-state index contributed by atoms with van der Waals surface area (Å²) in [5.74, 6) is 0.0724. The van der Waals surface area contributed by atoms with Gasteiger partial charge in [0.25, 0.3) is 0 Å². The fourth-order valence-corrected chi connectivity index (χ4v) is 3.76. The predicted octanol–water partition coefficient (Wildman–Crippen LogP) is 0.827. The molecule has 0 bridgehead atoms. The third kappa shape index (κ3) is 3.04. The quantitative estimate of drug-likeness (QED) is 0.819. The van der Waals surface area contributed by atoms with Crippen LogP contribution in [0.2, 0.25) is 0 Å². The number of sulfone groups is 1. The zero-order valence-electron chi connectivity index (χ0n) is 10.4. The highest BCUT2D eigenvalue weighted by Crippen LogP contribution is 2.31. The Balaban J connectivity index is 2.09. The summed E-state index contributed by atoms with van der Waals surface area (Å²) in [5, 5.41) is 3.56. The fourth-order valence-electron chi connectivity index (χ4n) is 1.57. The smallest absolute Gasteiger partial charge is 0.184 e. The van der Waals surface area contributed by atoms with Crippen molar-refractivity contribution >= 4 is 32.2 Å². The zero-order valence-corrected chi connectivity index (χ0v) is 12.0. The van der Waals surface area contributed by atoms with E-state index in [9.17, 15) is 8.42 Å². The largest absolute Gasteiger partial charge is 0.382 e. The van der Waals surface area contributed by atoms with E-state index in [4.69, 9.17) is 5.73 Å². The minimum Gasteiger partial charge on any atom is -0.382 e. The summed E-state index contributed by atoms with van der Waals surface area (Å²) in [5.41, 5.74) is 5.63. The van der Waals surface area contributed by atoms with Gasteiger partial charge in [0.2, 0.25) is 0 Å². The lowest BCUT2D eigenvalue weighted by Gasteiger charge is -2.07. The first-order valence-corrected chi connectivity index (χ1v) is 8.14. The Morgan fingerprint density at radius 1 is 1.53 bits per heavy atom. The van der Waals surface area contributed by atoms with Crippen LogP contribution in [0.25, 0.3) is 0 Å². The van der Waals surface area contributed by atoms with Crippen molar-refractivity contribution in [1.82, 2.24) is 13.9 Å². The molecule has 0 fully saturated rings. The lowest BCUT2D eigenvalue weighted by molar-refractivity contribution is 0.598. The molecule has 0 unspecified atom stereocenters. The molecule has 2 aromatic heterocycles.